The second-order valence-corrected chi connectivity index (χ2v) is 9.00. The van der Waals surface area contributed by atoms with Gasteiger partial charge >= 0.3 is 6.03 Å². The number of pyridine rings is 1. The van der Waals surface area contributed by atoms with E-state index >= 15 is 0 Å². The molecule has 2 aliphatic rings. The van der Waals surface area contributed by atoms with Crippen molar-refractivity contribution in [2.24, 2.45) is 0 Å². The normalized spacial score (nSPS) is 18.3. The molecule has 0 aromatic carbocycles. The van der Waals surface area contributed by atoms with Crippen LogP contribution in [0.1, 0.15) is 58.3 Å². The van der Waals surface area contributed by atoms with Crippen molar-refractivity contribution >= 4 is 11.8 Å². The third-order valence-electron chi connectivity index (χ3n) is 5.53. The summed E-state index contributed by atoms with van der Waals surface area (Å²) in [7, 11) is 0. The maximum atomic E-state index is 12.3. The molecule has 0 spiro atoms. The summed E-state index contributed by atoms with van der Waals surface area (Å²) >= 11 is 0. The Balaban J connectivity index is 1.35. The molecule has 1 N–H and O–H groups in total. The third kappa shape index (κ3) is 4.68. The molecule has 1 saturated carbocycles. The molecule has 2 amide bonds. The van der Waals surface area contributed by atoms with Gasteiger partial charge in [-0.05, 0) is 45.7 Å². The van der Waals surface area contributed by atoms with Gasteiger partial charge in [0.15, 0.2) is 0 Å². The molecule has 156 valence electrons. The number of carbonyl (C=O) groups is 1. The highest BCUT2D eigenvalue weighted by Crippen LogP contribution is 2.33. The van der Waals surface area contributed by atoms with Gasteiger partial charge in [0.25, 0.3) is 0 Å². The Bertz CT molecular complexity index is 828. The molecule has 2 aromatic rings. The quantitative estimate of drug-likeness (QED) is 0.852. The van der Waals surface area contributed by atoms with Crippen LogP contribution in [-0.4, -0.2) is 57.8 Å². The monoisotopic (exact) mass is 398 g/mol. The SMILES string of the molecule is CC(C)(C)NC(=O)N1CCN(c2ccc(-c3noc(C4CCCC4)n3)cn2)CC1. The van der Waals surface area contributed by atoms with Crippen LogP contribution in [0, 0.1) is 0 Å². The summed E-state index contributed by atoms with van der Waals surface area (Å²) in [6, 6.07) is 3.98. The lowest BCUT2D eigenvalue weighted by atomic mass is 10.1. The van der Waals surface area contributed by atoms with Crippen LogP contribution in [0.3, 0.4) is 0 Å². The topological polar surface area (TPSA) is 87.4 Å². The van der Waals surface area contributed by atoms with Crippen molar-refractivity contribution in [2.75, 3.05) is 31.1 Å². The van der Waals surface area contributed by atoms with Gasteiger partial charge in [-0.15, -0.1) is 0 Å². The summed E-state index contributed by atoms with van der Waals surface area (Å²) in [4.78, 5) is 25.6. The Morgan fingerprint density at radius 2 is 1.86 bits per heavy atom. The lowest BCUT2D eigenvalue weighted by Crippen LogP contribution is -2.55. The zero-order valence-corrected chi connectivity index (χ0v) is 17.5. The third-order valence-corrected chi connectivity index (χ3v) is 5.53. The summed E-state index contributed by atoms with van der Waals surface area (Å²) in [6.45, 7) is 8.87. The Kier molecular flexibility index (Phi) is 5.43. The van der Waals surface area contributed by atoms with Crippen molar-refractivity contribution in [1.29, 1.82) is 0 Å². The number of amides is 2. The maximum absolute atomic E-state index is 12.3. The minimum Gasteiger partial charge on any atom is -0.353 e. The van der Waals surface area contributed by atoms with Gasteiger partial charge in [0.05, 0.1) is 0 Å². The molecule has 1 saturated heterocycles. The number of nitrogens with one attached hydrogen (secondary N) is 1. The van der Waals surface area contributed by atoms with E-state index in [1.54, 1.807) is 6.20 Å². The number of hydrogen-bond acceptors (Lipinski definition) is 6. The van der Waals surface area contributed by atoms with Crippen LogP contribution in [0.25, 0.3) is 11.4 Å². The van der Waals surface area contributed by atoms with Gasteiger partial charge in [-0.25, -0.2) is 9.78 Å². The van der Waals surface area contributed by atoms with Gasteiger partial charge in [0.1, 0.15) is 5.82 Å². The van der Waals surface area contributed by atoms with Crippen LogP contribution in [0.15, 0.2) is 22.9 Å². The molecule has 8 heteroatoms. The fourth-order valence-corrected chi connectivity index (χ4v) is 3.93. The molecule has 4 rings (SSSR count). The smallest absolute Gasteiger partial charge is 0.317 e. The molecule has 29 heavy (non-hydrogen) atoms. The fraction of sp³-hybridized carbons (Fsp3) is 0.619. The van der Waals surface area contributed by atoms with Crippen LogP contribution in [0.4, 0.5) is 10.6 Å². The van der Waals surface area contributed by atoms with E-state index in [4.69, 9.17) is 4.52 Å². The number of piperazine rings is 1. The first-order chi connectivity index (χ1) is 13.9. The Hall–Kier alpha value is -2.64. The number of anilines is 1. The van der Waals surface area contributed by atoms with E-state index in [9.17, 15) is 4.79 Å². The highest BCUT2D eigenvalue weighted by molar-refractivity contribution is 5.75. The standard InChI is InChI=1S/C21H30N6O2/c1-21(2,3)24-20(28)27-12-10-26(11-13-27)17-9-8-16(14-22-17)18-23-19(29-25-18)15-6-4-5-7-15/h8-9,14-15H,4-7,10-13H2,1-3H3,(H,24,28). The van der Waals surface area contributed by atoms with Gasteiger partial charge in [-0.2, -0.15) is 4.98 Å². The first-order valence-corrected chi connectivity index (χ1v) is 10.5. The Morgan fingerprint density at radius 3 is 2.48 bits per heavy atom. The largest absolute Gasteiger partial charge is 0.353 e. The first-order valence-electron chi connectivity index (χ1n) is 10.5. The molecule has 8 nitrogen and oxygen atoms in total. The Labute approximate surface area is 171 Å². The van der Waals surface area contributed by atoms with Crippen molar-refractivity contribution in [3.05, 3.63) is 24.2 Å². The van der Waals surface area contributed by atoms with Crippen LogP contribution in [-0.2, 0) is 0 Å². The lowest BCUT2D eigenvalue weighted by Gasteiger charge is -2.36. The lowest BCUT2D eigenvalue weighted by molar-refractivity contribution is 0.185. The second kappa shape index (κ2) is 8.00. The van der Waals surface area contributed by atoms with Gasteiger partial charge in [-0.1, -0.05) is 18.0 Å². The number of nitrogens with zero attached hydrogens (tertiary/aromatic N) is 5. The summed E-state index contributed by atoms with van der Waals surface area (Å²) < 4.78 is 5.48. The highest BCUT2D eigenvalue weighted by Gasteiger charge is 2.25. The highest BCUT2D eigenvalue weighted by atomic mass is 16.5. The van der Waals surface area contributed by atoms with Gasteiger partial charge in [0.2, 0.25) is 11.7 Å². The van der Waals surface area contributed by atoms with E-state index in [2.05, 4.69) is 25.3 Å². The van der Waals surface area contributed by atoms with Crippen molar-refractivity contribution in [1.82, 2.24) is 25.3 Å². The molecule has 2 aromatic heterocycles. The van der Waals surface area contributed by atoms with Crippen molar-refractivity contribution in [3.8, 4) is 11.4 Å². The van der Waals surface area contributed by atoms with E-state index in [1.165, 1.54) is 12.8 Å². The van der Waals surface area contributed by atoms with E-state index in [1.807, 2.05) is 37.8 Å². The summed E-state index contributed by atoms with van der Waals surface area (Å²) in [5.41, 5.74) is 0.642. The van der Waals surface area contributed by atoms with Crippen LogP contribution in [0.5, 0.6) is 0 Å². The molecule has 0 bridgehead atoms. The predicted octanol–water partition coefficient (Wildman–Crippen LogP) is 3.42. The number of carbonyl (C=O) groups excluding carboxylic acids is 1. The maximum Gasteiger partial charge on any atom is 0.317 e. The van der Waals surface area contributed by atoms with E-state index in [0.717, 1.165) is 43.2 Å². The second-order valence-electron chi connectivity index (χ2n) is 9.00. The van der Waals surface area contributed by atoms with Gasteiger partial charge in [-0.3, -0.25) is 0 Å². The summed E-state index contributed by atoms with van der Waals surface area (Å²) in [5, 5.41) is 7.16. The molecule has 1 aliphatic heterocycles. The minimum absolute atomic E-state index is 0.00405. The van der Waals surface area contributed by atoms with Gasteiger partial charge < -0.3 is 19.6 Å². The number of rotatable bonds is 3. The Morgan fingerprint density at radius 1 is 1.14 bits per heavy atom. The zero-order valence-electron chi connectivity index (χ0n) is 17.5. The van der Waals surface area contributed by atoms with Crippen molar-refractivity contribution < 1.29 is 9.32 Å². The zero-order chi connectivity index (χ0) is 20.4. The number of hydrogen-bond donors (Lipinski definition) is 1. The predicted molar refractivity (Wildman–Crippen MR) is 111 cm³/mol. The van der Waals surface area contributed by atoms with E-state index in [-0.39, 0.29) is 11.6 Å². The molecule has 1 aliphatic carbocycles. The van der Waals surface area contributed by atoms with E-state index in [0.29, 0.717) is 24.8 Å². The molecular weight excluding hydrogens is 368 g/mol. The average molecular weight is 399 g/mol. The molecule has 2 fully saturated rings. The summed E-state index contributed by atoms with van der Waals surface area (Å²) in [6.07, 6.45) is 6.56. The molecule has 0 unspecified atom stereocenters. The molecule has 0 atom stereocenters. The van der Waals surface area contributed by atoms with Crippen LogP contribution >= 0.6 is 0 Å². The summed E-state index contributed by atoms with van der Waals surface area (Å²) in [5.74, 6) is 2.68. The van der Waals surface area contributed by atoms with Gasteiger partial charge in [0, 0.05) is 49.4 Å². The van der Waals surface area contributed by atoms with Crippen LogP contribution < -0.4 is 10.2 Å². The molecule has 0 radical (unpaired) electrons. The average Bonchev–Trinajstić information content (AvgIpc) is 3.39. The fourth-order valence-electron chi connectivity index (χ4n) is 3.93. The first kappa shape index (κ1) is 19.7. The van der Waals surface area contributed by atoms with E-state index < -0.39 is 0 Å². The number of aromatic nitrogens is 3. The molecule has 3 heterocycles. The van der Waals surface area contributed by atoms with Crippen molar-refractivity contribution in [2.45, 2.75) is 57.9 Å². The van der Waals surface area contributed by atoms with Crippen molar-refractivity contribution in [3.63, 3.8) is 0 Å². The molecular formula is C21H30N6O2. The number of urea groups is 1. The van der Waals surface area contributed by atoms with Crippen LogP contribution in [0.2, 0.25) is 0 Å². The minimum atomic E-state index is -0.224.